The quantitative estimate of drug-likeness (QED) is 0.763. The molecule has 4 nitrogen and oxygen atoms in total. The largest absolute Gasteiger partial charge is 0.474 e. The van der Waals surface area contributed by atoms with Gasteiger partial charge in [0.15, 0.2) is 0 Å². The van der Waals surface area contributed by atoms with Crippen molar-refractivity contribution in [2.75, 3.05) is 0 Å². The predicted octanol–water partition coefficient (Wildman–Crippen LogP) is 3.81. The molecule has 1 aromatic carbocycles. The minimum atomic E-state index is 0.00972. The van der Waals surface area contributed by atoms with Crippen LogP contribution in [0.15, 0.2) is 48.7 Å². The van der Waals surface area contributed by atoms with Gasteiger partial charge in [-0.05, 0) is 78.6 Å². The first-order valence-electron chi connectivity index (χ1n) is 7.85. The fourth-order valence-electron chi connectivity index (χ4n) is 2.78. The summed E-state index contributed by atoms with van der Waals surface area (Å²) in [6.45, 7) is 0. The number of carbonyl (C=O) groups excluding carboxylic acids is 1. The number of hydrogen-bond acceptors (Lipinski definition) is 3. The lowest BCUT2D eigenvalue weighted by atomic mass is 9.92. The molecule has 1 heterocycles. The molecule has 0 bridgehead atoms. The summed E-state index contributed by atoms with van der Waals surface area (Å²) in [6, 6.07) is 13.6. The van der Waals surface area contributed by atoms with Crippen LogP contribution in [-0.4, -0.2) is 23.0 Å². The van der Waals surface area contributed by atoms with Gasteiger partial charge in [-0.1, -0.05) is 6.07 Å². The second-order valence-corrected chi connectivity index (χ2v) is 6.99. The first kappa shape index (κ1) is 16.2. The van der Waals surface area contributed by atoms with Crippen LogP contribution in [0.1, 0.15) is 36.0 Å². The summed E-state index contributed by atoms with van der Waals surface area (Å²) in [5.74, 6) is 0.689. The van der Waals surface area contributed by atoms with Gasteiger partial charge in [-0.25, -0.2) is 4.98 Å². The summed E-state index contributed by atoms with van der Waals surface area (Å²) in [5, 5.41) is 3.13. The summed E-state index contributed by atoms with van der Waals surface area (Å²) < 4.78 is 7.01. The van der Waals surface area contributed by atoms with Gasteiger partial charge >= 0.3 is 0 Å². The molecule has 0 atom stereocenters. The monoisotopic (exact) mass is 422 g/mol. The number of hydrogen-bond donors (Lipinski definition) is 1. The van der Waals surface area contributed by atoms with E-state index in [0.29, 0.717) is 5.88 Å². The lowest BCUT2D eigenvalue weighted by Gasteiger charge is -2.29. The number of benzene rings is 1. The molecule has 0 spiro atoms. The summed E-state index contributed by atoms with van der Waals surface area (Å²) >= 11 is 2.24. The highest BCUT2D eigenvalue weighted by molar-refractivity contribution is 14.1. The van der Waals surface area contributed by atoms with Crippen molar-refractivity contribution >= 4 is 28.5 Å². The molecular weight excluding hydrogens is 403 g/mol. The third kappa shape index (κ3) is 4.67. The molecule has 0 radical (unpaired) electrons. The van der Waals surface area contributed by atoms with E-state index in [1.165, 1.54) is 0 Å². The van der Waals surface area contributed by atoms with Gasteiger partial charge in [0.25, 0.3) is 5.91 Å². The van der Waals surface area contributed by atoms with Gasteiger partial charge in [-0.3, -0.25) is 4.79 Å². The van der Waals surface area contributed by atoms with E-state index >= 15 is 0 Å². The molecule has 23 heavy (non-hydrogen) atoms. The Morgan fingerprint density at radius 3 is 2.48 bits per heavy atom. The third-order valence-corrected chi connectivity index (χ3v) is 4.76. The van der Waals surface area contributed by atoms with Gasteiger partial charge in [0, 0.05) is 27.4 Å². The van der Waals surface area contributed by atoms with Crippen LogP contribution in [0.3, 0.4) is 0 Å². The Hall–Kier alpha value is -1.63. The van der Waals surface area contributed by atoms with E-state index in [2.05, 4.69) is 32.9 Å². The second-order valence-electron chi connectivity index (χ2n) is 5.74. The number of carbonyl (C=O) groups is 1. The Kier molecular flexibility index (Phi) is 5.48. The second kappa shape index (κ2) is 7.77. The molecule has 120 valence electrons. The molecule has 0 unspecified atom stereocenters. The molecule has 3 rings (SSSR count). The van der Waals surface area contributed by atoms with Crippen molar-refractivity contribution in [1.29, 1.82) is 0 Å². The van der Waals surface area contributed by atoms with E-state index in [1.807, 2.05) is 42.5 Å². The number of halogens is 1. The molecule has 1 aromatic heterocycles. The molecule has 5 heteroatoms. The number of ether oxygens (including phenoxy) is 1. The van der Waals surface area contributed by atoms with Gasteiger partial charge in [-0.2, -0.15) is 0 Å². The molecule has 0 saturated heterocycles. The van der Waals surface area contributed by atoms with Gasteiger partial charge in [0.1, 0.15) is 6.10 Å². The van der Waals surface area contributed by atoms with Crippen molar-refractivity contribution in [2.24, 2.45) is 0 Å². The van der Waals surface area contributed by atoms with Crippen molar-refractivity contribution in [2.45, 2.75) is 37.8 Å². The molecule has 2 aromatic rings. The Morgan fingerprint density at radius 1 is 1.09 bits per heavy atom. The Morgan fingerprint density at radius 2 is 1.83 bits per heavy atom. The maximum Gasteiger partial charge on any atom is 0.251 e. The number of pyridine rings is 1. The van der Waals surface area contributed by atoms with E-state index in [-0.39, 0.29) is 18.1 Å². The predicted molar refractivity (Wildman–Crippen MR) is 97.5 cm³/mol. The zero-order chi connectivity index (χ0) is 16.1. The van der Waals surface area contributed by atoms with Gasteiger partial charge in [-0.15, -0.1) is 0 Å². The first-order chi connectivity index (χ1) is 11.2. The normalized spacial score (nSPS) is 20.7. The number of rotatable bonds is 4. The first-order valence-corrected chi connectivity index (χ1v) is 8.93. The van der Waals surface area contributed by atoms with E-state index in [0.717, 1.165) is 34.8 Å². The van der Waals surface area contributed by atoms with Crippen LogP contribution in [0.5, 0.6) is 5.88 Å². The van der Waals surface area contributed by atoms with Crippen LogP contribution in [0, 0.1) is 3.57 Å². The highest BCUT2D eigenvalue weighted by Crippen LogP contribution is 2.23. The molecule has 1 aliphatic carbocycles. The third-order valence-electron chi connectivity index (χ3n) is 4.04. The van der Waals surface area contributed by atoms with Crippen LogP contribution in [0.25, 0.3) is 0 Å². The highest BCUT2D eigenvalue weighted by Gasteiger charge is 2.24. The topological polar surface area (TPSA) is 51.2 Å². The molecule has 1 amide bonds. The van der Waals surface area contributed by atoms with Crippen molar-refractivity contribution in [3.05, 3.63) is 57.8 Å². The van der Waals surface area contributed by atoms with E-state index in [9.17, 15) is 4.79 Å². The molecule has 1 N–H and O–H groups in total. The maximum atomic E-state index is 12.2. The van der Waals surface area contributed by atoms with Crippen molar-refractivity contribution in [3.8, 4) is 5.88 Å². The SMILES string of the molecule is O=C(NC1CCC(Oc2ccccn2)CC1)c1ccc(I)cc1. The average molecular weight is 422 g/mol. The van der Waals surface area contributed by atoms with Gasteiger partial charge in [0.05, 0.1) is 0 Å². The Bertz CT molecular complexity index is 638. The van der Waals surface area contributed by atoms with E-state index in [1.54, 1.807) is 6.20 Å². The number of nitrogens with zero attached hydrogens (tertiary/aromatic N) is 1. The zero-order valence-electron chi connectivity index (χ0n) is 12.7. The number of nitrogens with one attached hydrogen (secondary N) is 1. The molecule has 0 aliphatic heterocycles. The number of amides is 1. The van der Waals surface area contributed by atoms with Crippen molar-refractivity contribution in [3.63, 3.8) is 0 Å². The Balaban J connectivity index is 1.47. The van der Waals surface area contributed by atoms with Crippen LogP contribution in [0.2, 0.25) is 0 Å². The van der Waals surface area contributed by atoms with Crippen LogP contribution in [-0.2, 0) is 0 Å². The Labute approximate surface area is 149 Å². The molecule has 1 saturated carbocycles. The van der Waals surface area contributed by atoms with Crippen molar-refractivity contribution < 1.29 is 9.53 Å². The van der Waals surface area contributed by atoms with Crippen LogP contribution in [0.4, 0.5) is 0 Å². The average Bonchev–Trinajstić information content (AvgIpc) is 2.58. The molecule has 1 fully saturated rings. The molecule has 1 aliphatic rings. The van der Waals surface area contributed by atoms with Crippen molar-refractivity contribution in [1.82, 2.24) is 10.3 Å². The maximum absolute atomic E-state index is 12.2. The summed E-state index contributed by atoms with van der Waals surface area (Å²) in [5.41, 5.74) is 0.720. The lowest BCUT2D eigenvalue weighted by molar-refractivity contribution is 0.0890. The van der Waals surface area contributed by atoms with Gasteiger partial charge in [0.2, 0.25) is 5.88 Å². The van der Waals surface area contributed by atoms with E-state index < -0.39 is 0 Å². The fraction of sp³-hybridized carbons (Fsp3) is 0.333. The summed E-state index contributed by atoms with van der Waals surface area (Å²) in [4.78, 5) is 16.4. The van der Waals surface area contributed by atoms with Crippen LogP contribution < -0.4 is 10.1 Å². The minimum Gasteiger partial charge on any atom is -0.474 e. The summed E-state index contributed by atoms with van der Waals surface area (Å²) in [6.07, 6.45) is 5.68. The highest BCUT2D eigenvalue weighted by atomic mass is 127. The number of aromatic nitrogens is 1. The minimum absolute atomic E-state index is 0.00972. The van der Waals surface area contributed by atoms with E-state index in [4.69, 9.17) is 4.74 Å². The fourth-order valence-corrected chi connectivity index (χ4v) is 3.14. The van der Waals surface area contributed by atoms with Crippen LogP contribution >= 0.6 is 22.6 Å². The lowest BCUT2D eigenvalue weighted by Crippen LogP contribution is -2.39. The summed E-state index contributed by atoms with van der Waals surface area (Å²) in [7, 11) is 0. The molecular formula is C18H19IN2O2. The smallest absolute Gasteiger partial charge is 0.251 e. The van der Waals surface area contributed by atoms with Gasteiger partial charge < -0.3 is 10.1 Å². The zero-order valence-corrected chi connectivity index (χ0v) is 14.9. The standard InChI is InChI=1S/C18H19IN2O2/c19-14-6-4-13(5-7-14)18(22)21-15-8-10-16(11-9-15)23-17-3-1-2-12-20-17/h1-7,12,15-16H,8-11H2,(H,21,22).